The maximum atomic E-state index is 10.8. The molecular formula is C13H9N2O. The Balaban J connectivity index is 2.25. The van der Waals surface area contributed by atoms with E-state index in [4.69, 9.17) is 5.73 Å². The number of carbonyl (C=O) groups is 1. The van der Waals surface area contributed by atoms with Crippen LogP contribution < -0.4 is 11.1 Å². The summed E-state index contributed by atoms with van der Waals surface area (Å²) in [6.07, 6.45) is 1.89. The lowest BCUT2D eigenvalue weighted by Crippen LogP contribution is -2.20. The number of hydrogen-bond donors (Lipinski definition) is 1. The fourth-order valence-corrected chi connectivity index (χ4v) is 2.14. The molecule has 0 bridgehead atoms. The maximum absolute atomic E-state index is 10.8. The first-order chi connectivity index (χ1) is 7.75. The van der Waals surface area contributed by atoms with Crippen molar-refractivity contribution in [1.29, 1.82) is 0 Å². The van der Waals surface area contributed by atoms with Crippen LogP contribution in [0.2, 0.25) is 0 Å². The second-order valence-corrected chi connectivity index (χ2v) is 3.73. The van der Waals surface area contributed by atoms with Crippen LogP contribution in [-0.2, 0) is 0 Å². The summed E-state index contributed by atoms with van der Waals surface area (Å²) in [6.45, 7) is 0. The molecule has 0 heterocycles. The Morgan fingerprint density at radius 1 is 1.12 bits per heavy atom. The van der Waals surface area contributed by atoms with Gasteiger partial charge in [0.25, 0.3) is 0 Å². The highest BCUT2D eigenvalue weighted by molar-refractivity contribution is 6.10. The normalized spacial score (nSPS) is 12.6. The number of nitrogens with zero attached hydrogens (tertiary/aromatic N) is 1. The van der Waals surface area contributed by atoms with Crippen molar-refractivity contribution in [2.75, 3.05) is 0 Å². The van der Waals surface area contributed by atoms with Crippen molar-refractivity contribution in [3.8, 4) is 0 Å². The fourth-order valence-electron chi connectivity index (χ4n) is 2.14. The highest BCUT2D eigenvalue weighted by Gasteiger charge is 2.17. The van der Waals surface area contributed by atoms with Crippen molar-refractivity contribution < 1.29 is 4.79 Å². The Labute approximate surface area is 92.6 Å². The third-order valence-corrected chi connectivity index (χ3v) is 2.74. The van der Waals surface area contributed by atoms with E-state index in [-0.39, 0.29) is 0 Å². The van der Waals surface area contributed by atoms with E-state index >= 15 is 0 Å². The van der Waals surface area contributed by atoms with Gasteiger partial charge in [0.15, 0.2) is 0 Å². The van der Waals surface area contributed by atoms with Crippen molar-refractivity contribution in [3.05, 3.63) is 47.5 Å². The first-order valence-electron chi connectivity index (χ1n) is 5.01. The zero-order chi connectivity index (χ0) is 11.1. The van der Waals surface area contributed by atoms with E-state index in [0.717, 1.165) is 21.9 Å². The molecule has 0 saturated heterocycles. The number of urea groups is 1. The number of carbonyl (C=O) groups excluding carboxylic acids is 1. The predicted octanol–water partition coefficient (Wildman–Crippen LogP) is 2.33. The van der Waals surface area contributed by atoms with E-state index in [9.17, 15) is 4.79 Å². The number of nitrogens with two attached hydrogens (primary N) is 1. The molecule has 1 aliphatic rings. The molecule has 0 fully saturated rings. The maximum Gasteiger partial charge on any atom is 0.338 e. The van der Waals surface area contributed by atoms with Gasteiger partial charge in [0.05, 0.1) is 5.70 Å². The molecule has 16 heavy (non-hydrogen) atoms. The van der Waals surface area contributed by atoms with Crippen LogP contribution in [0.1, 0.15) is 11.1 Å². The summed E-state index contributed by atoms with van der Waals surface area (Å²) in [5, 5.41) is 6.11. The highest BCUT2D eigenvalue weighted by atomic mass is 16.2. The molecular weight excluding hydrogens is 200 g/mol. The quantitative estimate of drug-likeness (QED) is 0.769. The van der Waals surface area contributed by atoms with Crippen LogP contribution in [0.25, 0.3) is 22.5 Å². The van der Waals surface area contributed by atoms with Gasteiger partial charge < -0.3 is 5.73 Å². The van der Waals surface area contributed by atoms with Gasteiger partial charge in [0.1, 0.15) is 0 Å². The lowest BCUT2D eigenvalue weighted by atomic mass is 10.0. The number of benzene rings is 2. The van der Waals surface area contributed by atoms with E-state index in [1.54, 1.807) is 0 Å². The molecule has 3 rings (SSSR count). The first kappa shape index (κ1) is 8.97. The molecule has 2 aromatic carbocycles. The number of hydrogen-bond acceptors (Lipinski definition) is 1. The topological polar surface area (TPSA) is 57.2 Å². The second-order valence-electron chi connectivity index (χ2n) is 3.73. The van der Waals surface area contributed by atoms with E-state index < -0.39 is 6.03 Å². The average molecular weight is 209 g/mol. The molecule has 3 nitrogen and oxygen atoms in total. The van der Waals surface area contributed by atoms with Gasteiger partial charge in [-0.1, -0.05) is 36.4 Å². The van der Waals surface area contributed by atoms with Crippen LogP contribution in [0.4, 0.5) is 4.79 Å². The van der Waals surface area contributed by atoms with Gasteiger partial charge in [-0.2, -0.15) is 5.32 Å². The standard InChI is InChI=1S/C13H9N2O/c14-13(16)15-11-7-9-5-1-3-8-4-2-6-10(11)12(8)9/h1-7H,(H2,14,16). The molecule has 0 saturated carbocycles. The zero-order valence-electron chi connectivity index (χ0n) is 8.47. The Morgan fingerprint density at radius 2 is 1.88 bits per heavy atom. The Morgan fingerprint density at radius 3 is 2.62 bits per heavy atom. The summed E-state index contributed by atoms with van der Waals surface area (Å²) >= 11 is 0. The molecule has 2 aromatic rings. The minimum atomic E-state index is -0.656. The van der Waals surface area contributed by atoms with E-state index in [2.05, 4.69) is 5.32 Å². The summed E-state index contributed by atoms with van der Waals surface area (Å²) in [5.74, 6) is 0. The van der Waals surface area contributed by atoms with Crippen LogP contribution in [0.15, 0.2) is 36.4 Å². The van der Waals surface area contributed by atoms with E-state index in [0.29, 0.717) is 5.70 Å². The Bertz CT molecular complexity index is 624. The first-order valence-corrected chi connectivity index (χ1v) is 5.01. The van der Waals surface area contributed by atoms with E-state index in [1.807, 2.05) is 42.5 Å². The molecule has 2 amide bonds. The number of amides is 2. The molecule has 0 spiro atoms. The molecule has 0 atom stereocenters. The average Bonchev–Trinajstić information content (AvgIpc) is 2.59. The summed E-state index contributed by atoms with van der Waals surface area (Å²) in [5.41, 5.74) is 7.81. The largest absolute Gasteiger partial charge is 0.350 e. The van der Waals surface area contributed by atoms with Gasteiger partial charge in [0, 0.05) is 5.56 Å². The predicted molar refractivity (Wildman–Crippen MR) is 63.5 cm³/mol. The van der Waals surface area contributed by atoms with Crippen LogP contribution in [-0.4, -0.2) is 6.03 Å². The van der Waals surface area contributed by atoms with Gasteiger partial charge in [0.2, 0.25) is 0 Å². The molecule has 0 unspecified atom stereocenters. The summed E-state index contributed by atoms with van der Waals surface area (Å²) in [7, 11) is 0. The van der Waals surface area contributed by atoms with Crippen molar-refractivity contribution in [2.24, 2.45) is 5.73 Å². The molecule has 77 valence electrons. The van der Waals surface area contributed by atoms with Gasteiger partial charge in [-0.3, -0.25) is 0 Å². The lowest BCUT2D eigenvalue weighted by molar-refractivity contribution is 0.252. The van der Waals surface area contributed by atoms with Gasteiger partial charge in [-0.05, 0) is 22.4 Å². The van der Waals surface area contributed by atoms with Crippen LogP contribution in [0, 0.1) is 0 Å². The minimum Gasteiger partial charge on any atom is -0.350 e. The lowest BCUT2D eigenvalue weighted by Gasteiger charge is -2.03. The summed E-state index contributed by atoms with van der Waals surface area (Å²) in [6, 6.07) is 11.3. The fraction of sp³-hybridized carbons (Fsp3) is 0. The molecule has 1 radical (unpaired) electrons. The van der Waals surface area contributed by atoms with Crippen LogP contribution in [0.3, 0.4) is 0 Å². The summed E-state index contributed by atoms with van der Waals surface area (Å²) in [4.78, 5) is 10.8. The second kappa shape index (κ2) is 3.10. The SMILES string of the molecule is NC(=O)[N]C1=Cc2cccc3cccc1c23. The van der Waals surface area contributed by atoms with E-state index in [1.165, 1.54) is 0 Å². The minimum absolute atomic E-state index is 0.652. The molecule has 0 aliphatic heterocycles. The monoisotopic (exact) mass is 209 g/mol. The van der Waals surface area contributed by atoms with Gasteiger partial charge in [-0.25, -0.2) is 4.79 Å². The molecule has 3 heteroatoms. The Kier molecular flexibility index (Phi) is 1.74. The summed E-state index contributed by atoms with van der Waals surface area (Å²) < 4.78 is 0. The molecule has 1 aliphatic carbocycles. The number of primary amides is 1. The zero-order valence-corrected chi connectivity index (χ0v) is 8.47. The highest BCUT2D eigenvalue weighted by Crippen LogP contribution is 2.35. The number of rotatable bonds is 1. The van der Waals surface area contributed by atoms with Gasteiger partial charge in [-0.15, -0.1) is 0 Å². The molecule has 0 aromatic heterocycles. The van der Waals surface area contributed by atoms with Crippen LogP contribution in [0.5, 0.6) is 0 Å². The third-order valence-electron chi connectivity index (χ3n) is 2.74. The van der Waals surface area contributed by atoms with Crippen LogP contribution >= 0.6 is 0 Å². The van der Waals surface area contributed by atoms with Crippen molar-refractivity contribution >= 4 is 28.6 Å². The molecule has 2 N–H and O–H groups in total. The smallest absolute Gasteiger partial charge is 0.338 e. The third kappa shape index (κ3) is 1.18. The van der Waals surface area contributed by atoms with Crippen molar-refractivity contribution in [2.45, 2.75) is 0 Å². The van der Waals surface area contributed by atoms with Gasteiger partial charge >= 0.3 is 6.03 Å². The Hall–Kier alpha value is -2.29. The van der Waals surface area contributed by atoms with Crippen molar-refractivity contribution in [3.63, 3.8) is 0 Å². The van der Waals surface area contributed by atoms with Crippen molar-refractivity contribution in [1.82, 2.24) is 5.32 Å².